The minimum Gasteiger partial charge on any atom is -0.310 e. The van der Waals surface area contributed by atoms with Gasteiger partial charge in [0.1, 0.15) is 5.82 Å². The molecule has 0 aliphatic carbocycles. The Bertz CT molecular complexity index is 540. The van der Waals surface area contributed by atoms with Gasteiger partial charge >= 0.3 is 0 Å². The van der Waals surface area contributed by atoms with Gasteiger partial charge in [-0.1, -0.05) is 0 Å². The Labute approximate surface area is 113 Å². The van der Waals surface area contributed by atoms with Crippen LogP contribution in [-0.4, -0.2) is 37.9 Å². The van der Waals surface area contributed by atoms with E-state index in [-0.39, 0.29) is 10.4 Å². The van der Waals surface area contributed by atoms with Crippen LogP contribution in [0.5, 0.6) is 0 Å². The first-order valence-corrected chi connectivity index (χ1v) is 7.76. The lowest BCUT2D eigenvalue weighted by atomic mass is 10.1. The third-order valence-electron chi connectivity index (χ3n) is 3.21. The number of hydrogen-bond donors (Lipinski definition) is 1. The van der Waals surface area contributed by atoms with Gasteiger partial charge in [0, 0.05) is 18.6 Å². The number of benzene rings is 1. The molecule has 1 heterocycles. The summed E-state index contributed by atoms with van der Waals surface area (Å²) in [5, 5.41) is 3.32. The van der Waals surface area contributed by atoms with Crippen LogP contribution >= 0.6 is 0 Å². The summed E-state index contributed by atoms with van der Waals surface area (Å²) in [5.41, 5.74) is -0.260. The lowest BCUT2D eigenvalue weighted by molar-refractivity contribution is 0.326. The maximum atomic E-state index is 12.9. The Morgan fingerprint density at radius 2 is 1.89 bits per heavy atom. The van der Waals surface area contributed by atoms with E-state index in [0.29, 0.717) is 13.1 Å². The van der Waals surface area contributed by atoms with Crippen molar-refractivity contribution >= 4 is 10.0 Å². The highest BCUT2D eigenvalue weighted by Gasteiger charge is 2.32. The van der Waals surface area contributed by atoms with Crippen molar-refractivity contribution in [2.45, 2.75) is 30.7 Å². The summed E-state index contributed by atoms with van der Waals surface area (Å²) in [4.78, 5) is 0.145. The zero-order valence-corrected chi connectivity index (χ0v) is 12.0. The topological polar surface area (TPSA) is 49.4 Å². The van der Waals surface area contributed by atoms with E-state index in [1.54, 1.807) is 0 Å². The van der Waals surface area contributed by atoms with Crippen molar-refractivity contribution in [2.75, 3.05) is 19.6 Å². The molecule has 0 atom stereocenters. The molecule has 1 aliphatic rings. The molecular weight excluding hydrogens is 267 g/mol. The molecule has 2 rings (SSSR count). The first-order chi connectivity index (χ1) is 8.81. The van der Waals surface area contributed by atoms with Gasteiger partial charge in [-0.15, -0.1) is 0 Å². The van der Waals surface area contributed by atoms with Crippen LogP contribution in [0.4, 0.5) is 4.39 Å². The maximum Gasteiger partial charge on any atom is 0.243 e. The minimum absolute atomic E-state index is 0.145. The quantitative estimate of drug-likeness (QED) is 0.898. The van der Waals surface area contributed by atoms with E-state index in [1.165, 1.54) is 28.6 Å². The van der Waals surface area contributed by atoms with Gasteiger partial charge in [-0.2, -0.15) is 4.31 Å². The summed E-state index contributed by atoms with van der Waals surface area (Å²) in [6.45, 7) is 5.64. The van der Waals surface area contributed by atoms with Crippen LogP contribution in [0.1, 0.15) is 20.3 Å². The average molecular weight is 286 g/mol. The Morgan fingerprint density at radius 1 is 1.26 bits per heavy atom. The highest BCUT2D eigenvalue weighted by molar-refractivity contribution is 7.89. The van der Waals surface area contributed by atoms with Crippen LogP contribution in [0.2, 0.25) is 0 Å². The lowest BCUT2D eigenvalue weighted by Crippen LogP contribution is -2.47. The lowest BCUT2D eigenvalue weighted by Gasteiger charge is -2.29. The summed E-state index contributed by atoms with van der Waals surface area (Å²) in [6, 6.07) is 4.98. The van der Waals surface area contributed by atoms with E-state index in [2.05, 4.69) is 5.32 Å². The van der Waals surface area contributed by atoms with Crippen molar-refractivity contribution in [1.82, 2.24) is 9.62 Å². The molecule has 0 amide bonds. The summed E-state index contributed by atoms with van der Waals surface area (Å²) in [5.74, 6) is -0.434. The molecule has 1 aromatic carbocycles. The van der Waals surface area contributed by atoms with Gasteiger partial charge in [-0.3, -0.25) is 0 Å². The van der Waals surface area contributed by atoms with Crippen molar-refractivity contribution in [2.24, 2.45) is 0 Å². The van der Waals surface area contributed by atoms with Gasteiger partial charge in [0.2, 0.25) is 10.0 Å². The van der Waals surface area contributed by atoms with Gasteiger partial charge in [-0.25, -0.2) is 12.8 Å². The first kappa shape index (κ1) is 14.4. The van der Waals surface area contributed by atoms with Gasteiger partial charge in [0.15, 0.2) is 0 Å². The second kappa shape index (κ2) is 5.19. The van der Waals surface area contributed by atoms with Gasteiger partial charge in [0.25, 0.3) is 0 Å². The molecule has 0 aromatic heterocycles. The minimum atomic E-state index is -3.55. The number of sulfonamides is 1. The molecule has 6 heteroatoms. The smallest absolute Gasteiger partial charge is 0.243 e. The molecule has 0 saturated carbocycles. The van der Waals surface area contributed by atoms with Crippen LogP contribution in [-0.2, 0) is 10.0 Å². The monoisotopic (exact) mass is 286 g/mol. The van der Waals surface area contributed by atoms with Crippen molar-refractivity contribution in [1.29, 1.82) is 0 Å². The van der Waals surface area contributed by atoms with Crippen molar-refractivity contribution in [3.63, 3.8) is 0 Å². The summed E-state index contributed by atoms with van der Waals surface area (Å²) < 4.78 is 39.4. The zero-order valence-electron chi connectivity index (χ0n) is 11.2. The predicted octanol–water partition coefficient (Wildman–Crippen LogP) is 1.59. The van der Waals surface area contributed by atoms with Gasteiger partial charge in [-0.05, 0) is 51.1 Å². The van der Waals surface area contributed by atoms with Crippen LogP contribution in [0.3, 0.4) is 0 Å². The number of hydrogen-bond acceptors (Lipinski definition) is 3. The molecule has 106 valence electrons. The second-order valence-electron chi connectivity index (χ2n) is 5.46. The molecule has 1 saturated heterocycles. The highest BCUT2D eigenvalue weighted by Crippen LogP contribution is 2.20. The number of halogens is 1. The van der Waals surface area contributed by atoms with Crippen molar-refractivity contribution in [3.05, 3.63) is 30.1 Å². The van der Waals surface area contributed by atoms with Crippen LogP contribution in [0, 0.1) is 5.82 Å². The molecular formula is C13H19FN2O2S. The second-order valence-corrected chi connectivity index (χ2v) is 7.39. The SMILES string of the molecule is CC1(C)CN(S(=O)(=O)c2ccc(F)cc2)CCCN1. The van der Waals surface area contributed by atoms with Gasteiger partial charge in [0.05, 0.1) is 4.90 Å². The predicted molar refractivity (Wildman–Crippen MR) is 71.9 cm³/mol. The Morgan fingerprint density at radius 3 is 2.53 bits per heavy atom. The first-order valence-electron chi connectivity index (χ1n) is 6.32. The third kappa shape index (κ3) is 3.32. The molecule has 1 aromatic rings. The molecule has 1 fully saturated rings. The molecule has 0 radical (unpaired) electrons. The molecule has 1 aliphatic heterocycles. The molecule has 1 N–H and O–H groups in total. The molecule has 0 bridgehead atoms. The number of nitrogens with zero attached hydrogens (tertiary/aromatic N) is 1. The summed E-state index contributed by atoms with van der Waals surface area (Å²) >= 11 is 0. The molecule has 0 unspecified atom stereocenters. The highest BCUT2D eigenvalue weighted by atomic mass is 32.2. The fraction of sp³-hybridized carbons (Fsp3) is 0.538. The fourth-order valence-corrected chi connectivity index (χ4v) is 3.86. The van der Waals surface area contributed by atoms with E-state index >= 15 is 0 Å². The van der Waals surface area contributed by atoms with Crippen LogP contribution in [0.15, 0.2) is 29.2 Å². The summed E-state index contributed by atoms with van der Waals surface area (Å²) in [6.07, 6.45) is 0.768. The largest absolute Gasteiger partial charge is 0.310 e. The average Bonchev–Trinajstić information content (AvgIpc) is 2.51. The normalized spacial score (nSPS) is 21.0. The maximum absolute atomic E-state index is 12.9. The number of nitrogens with one attached hydrogen (secondary N) is 1. The van der Waals surface area contributed by atoms with Crippen molar-refractivity contribution < 1.29 is 12.8 Å². The standard InChI is InChI=1S/C13H19FN2O2S/c1-13(2)10-16(9-3-8-15-13)19(17,18)12-6-4-11(14)5-7-12/h4-7,15H,3,8-10H2,1-2H3. The Balaban J connectivity index is 2.30. The van der Waals surface area contributed by atoms with E-state index < -0.39 is 15.8 Å². The van der Waals surface area contributed by atoms with E-state index in [1.807, 2.05) is 13.8 Å². The number of rotatable bonds is 2. The van der Waals surface area contributed by atoms with E-state index in [0.717, 1.165) is 13.0 Å². The third-order valence-corrected chi connectivity index (χ3v) is 5.07. The summed E-state index contributed by atoms with van der Waals surface area (Å²) in [7, 11) is -3.55. The molecule has 19 heavy (non-hydrogen) atoms. The van der Waals surface area contributed by atoms with E-state index in [4.69, 9.17) is 0 Å². The van der Waals surface area contributed by atoms with Crippen molar-refractivity contribution in [3.8, 4) is 0 Å². The molecule has 4 nitrogen and oxygen atoms in total. The van der Waals surface area contributed by atoms with Crippen LogP contribution < -0.4 is 5.32 Å². The zero-order chi connectivity index (χ0) is 14.1. The van der Waals surface area contributed by atoms with E-state index in [9.17, 15) is 12.8 Å². The fourth-order valence-electron chi connectivity index (χ4n) is 2.22. The molecule has 0 spiro atoms. The Kier molecular flexibility index (Phi) is 3.94. The van der Waals surface area contributed by atoms with Crippen LogP contribution in [0.25, 0.3) is 0 Å². The Hall–Kier alpha value is -0.980. The van der Waals surface area contributed by atoms with Gasteiger partial charge < -0.3 is 5.32 Å².